The first-order valence-corrected chi connectivity index (χ1v) is 11.6. The molecule has 1 aliphatic heterocycles. The van der Waals surface area contributed by atoms with Crippen LogP contribution in [-0.2, 0) is 11.3 Å². The van der Waals surface area contributed by atoms with Crippen molar-refractivity contribution in [1.29, 1.82) is 5.41 Å². The molecule has 3 aromatic heterocycles. The number of para-hydroxylation sites is 2. The van der Waals surface area contributed by atoms with Crippen molar-refractivity contribution in [2.24, 2.45) is 4.99 Å². The summed E-state index contributed by atoms with van der Waals surface area (Å²) in [6.07, 6.45) is 2.86. The quantitative estimate of drug-likeness (QED) is 0.243. The van der Waals surface area contributed by atoms with Crippen molar-refractivity contribution in [3.63, 3.8) is 0 Å². The number of ether oxygens (including phenoxy) is 1. The van der Waals surface area contributed by atoms with Gasteiger partial charge in [0.2, 0.25) is 0 Å². The summed E-state index contributed by atoms with van der Waals surface area (Å²) in [5, 5.41) is 10.7. The first-order chi connectivity index (χ1) is 17.2. The predicted octanol–water partition coefficient (Wildman–Crippen LogP) is 3.73. The number of H-pyrrole nitrogens is 2. The highest BCUT2D eigenvalue weighted by atomic mass is 16.5. The van der Waals surface area contributed by atoms with Crippen LogP contribution in [0.15, 0.2) is 65.8 Å². The Bertz CT molecular complexity index is 1360. The Morgan fingerprint density at radius 2 is 1.94 bits per heavy atom. The fraction of sp³-hybridized carbons (Fsp3) is 0.231. The molecule has 0 spiro atoms. The number of hydrogen-bond acceptors (Lipinski definition) is 6. The zero-order valence-corrected chi connectivity index (χ0v) is 19.6. The lowest BCUT2D eigenvalue weighted by Crippen LogP contribution is -2.36. The Labute approximate surface area is 203 Å². The van der Waals surface area contributed by atoms with E-state index < -0.39 is 0 Å². The first-order valence-electron chi connectivity index (χ1n) is 11.6. The molecular formula is C26H28N8O. The van der Waals surface area contributed by atoms with Crippen LogP contribution in [-0.4, -0.2) is 52.6 Å². The van der Waals surface area contributed by atoms with Crippen molar-refractivity contribution in [1.82, 2.24) is 19.9 Å². The topological polar surface area (TPSA) is 118 Å². The summed E-state index contributed by atoms with van der Waals surface area (Å²) in [4.78, 5) is 22.6. The van der Waals surface area contributed by atoms with Gasteiger partial charge in [-0.15, -0.1) is 0 Å². The van der Waals surface area contributed by atoms with Gasteiger partial charge >= 0.3 is 0 Å². The van der Waals surface area contributed by atoms with Crippen molar-refractivity contribution in [3.05, 3.63) is 77.8 Å². The number of benzene rings is 1. The number of nitrogens with zero attached hydrogens (tertiary/aromatic N) is 4. The van der Waals surface area contributed by atoms with Crippen molar-refractivity contribution >= 4 is 17.7 Å². The van der Waals surface area contributed by atoms with E-state index in [1.807, 2.05) is 49.5 Å². The molecule has 5 rings (SSSR count). The molecule has 9 heteroatoms. The van der Waals surface area contributed by atoms with E-state index in [-0.39, 0.29) is 0 Å². The highest BCUT2D eigenvalue weighted by Gasteiger charge is 2.17. The molecule has 4 aromatic rings. The minimum Gasteiger partial charge on any atom is -0.378 e. The molecule has 0 radical (unpaired) electrons. The van der Waals surface area contributed by atoms with Gasteiger partial charge in [-0.05, 0) is 43.3 Å². The van der Waals surface area contributed by atoms with E-state index in [4.69, 9.17) is 20.1 Å². The number of hydrogen-bond donors (Lipinski definition) is 4. The Hall–Kier alpha value is -4.24. The average Bonchev–Trinajstić information content (AvgIpc) is 3.33. The molecule has 0 amide bonds. The molecule has 4 heterocycles. The third kappa shape index (κ3) is 5.15. The van der Waals surface area contributed by atoms with E-state index >= 15 is 0 Å². The van der Waals surface area contributed by atoms with Crippen LogP contribution >= 0.6 is 0 Å². The maximum Gasteiger partial charge on any atom is 0.131 e. The van der Waals surface area contributed by atoms with Gasteiger partial charge in [0.25, 0.3) is 0 Å². The molecule has 0 atom stereocenters. The summed E-state index contributed by atoms with van der Waals surface area (Å²) in [6.45, 7) is 5.75. The van der Waals surface area contributed by atoms with Crippen LogP contribution in [0.25, 0.3) is 22.6 Å². The van der Waals surface area contributed by atoms with Gasteiger partial charge in [0.15, 0.2) is 0 Å². The van der Waals surface area contributed by atoms with Crippen molar-refractivity contribution < 1.29 is 4.74 Å². The van der Waals surface area contributed by atoms with Crippen LogP contribution < -0.4 is 15.7 Å². The number of aromatic nitrogens is 4. The molecule has 0 saturated carbocycles. The van der Waals surface area contributed by atoms with Crippen molar-refractivity contribution in [2.45, 2.75) is 13.5 Å². The number of imidazole rings is 1. The maximum absolute atomic E-state index is 7.17. The van der Waals surface area contributed by atoms with Crippen LogP contribution in [0.5, 0.6) is 0 Å². The molecule has 178 valence electrons. The fourth-order valence-electron chi connectivity index (χ4n) is 4.18. The van der Waals surface area contributed by atoms with E-state index in [1.165, 1.54) is 5.69 Å². The molecule has 1 saturated heterocycles. The van der Waals surface area contributed by atoms with E-state index in [2.05, 4.69) is 43.4 Å². The molecule has 4 N–H and O–H groups in total. The zero-order chi connectivity index (χ0) is 24.0. The molecule has 9 nitrogen and oxygen atoms in total. The second-order valence-electron chi connectivity index (χ2n) is 8.26. The monoisotopic (exact) mass is 468 g/mol. The number of anilines is 2. The Kier molecular flexibility index (Phi) is 6.67. The molecule has 0 unspecified atom stereocenters. The largest absolute Gasteiger partial charge is 0.378 e. The standard InChI is InChI=1S/C26H28N8O/c1-18-5-4-7-21(31-18)26-25(19-9-10-23(29-15-19)30-17-27)32-24(33-26)16-28-20-6-2-3-8-22(20)34-11-13-35-14-12-34/h2-10,15,17,28H,11-14,16H2,1H3,(H,32,33)(H2,27,29,30). The lowest BCUT2D eigenvalue weighted by molar-refractivity contribution is 0.123. The second-order valence-corrected chi connectivity index (χ2v) is 8.26. The molecule has 1 fully saturated rings. The molecule has 1 aromatic carbocycles. The molecular weight excluding hydrogens is 440 g/mol. The maximum atomic E-state index is 7.17. The zero-order valence-electron chi connectivity index (χ0n) is 19.6. The van der Waals surface area contributed by atoms with Crippen LogP contribution in [0.2, 0.25) is 0 Å². The van der Waals surface area contributed by atoms with E-state index in [0.29, 0.717) is 12.0 Å². The number of rotatable bonds is 7. The van der Waals surface area contributed by atoms with Gasteiger partial charge in [0.05, 0.1) is 48.2 Å². The lowest BCUT2D eigenvalue weighted by Gasteiger charge is -2.30. The SMILES string of the molecule is Cc1cccc(-c2[nH]c(CNc3ccccc3N3CCOCC3)nc2-c2cc/c(=N/C=N)[nH]c2)n1. The number of aromatic amines is 2. The van der Waals surface area contributed by atoms with E-state index in [1.54, 1.807) is 0 Å². The van der Waals surface area contributed by atoms with Crippen LogP contribution in [0.3, 0.4) is 0 Å². The van der Waals surface area contributed by atoms with Crippen LogP contribution in [0.1, 0.15) is 11.5 Å². The van der Waals surface area contributed by atoms with Gasteiger partial charge in [-0.3, -0.25) is 10.4 Å². The summed E-state index contributed by atoms with van der Waals surface area (Å²) >= 11 is 0. The highest BCUT2D eigenvalue weighted by Crippen LogP contribution is 2.30. The number of aryl methyl sites for hydroxylation is 1. The van der Waals surface area contributed by atoms with Crippen molar-refractivity contribution in [3.8, 4) is 22.6 Å². The average molecular weight is 469 g/mol. The minimum absolute atomic E-state index is 0.533. The Morgan fingerprint density at radius 3 is 2.71 bits per heavy atom. The van der Waals surface area contributed by atoms with E-state index in [0.717, 1.165) is 72.5 Å². The van der Waals surface area contributed by atoms with E-state index in [9.17, 15) is 0 Å². The van der Waals surface area contributed by atoms with Gasteiger partial charge in [-0.2, -0.15) is 0 Å². The Morgan fingerprint density at radius 1 is 1.09 bits per heavy atom. The van der Waals surface area contributed by atoms with Crippen LogP contribution in [0, 0.1) is 12.3 Å². The van der Waals surface area contributed by atoms with Crippen LogP contribution in [0.4, 0.5) is 11.4 Å². The highest BCUT2D eigenvalue weighted by molar-refractivity contribution is 5.76. The lowest BCUT2D eigenvalue weighted by atomic mass is 10.1. The van der Waals surface area contributed by atoms with Gasteiger partial charge in [-0.25, -0.2) is 9.98 Å². The summed E-state index contributed by atoms with van der Waals surface area (Å²) in [5.74, 6) is 0.809. The molecule has 0 bridgehead atoms. The summed E-state index contributed by atoms with van der Waals surface area (Å²) in [5.41, 5.74) is 7.18. The third-order valence-corrected chi connectivity index (χ3v) is 5.87. The smallest absolute Gasteiger partial charge is 0.131 e. The van der Waals surface area contributed by atoms with Crippen molar-refractivity contribution in [2.75, 3.05) is 36.5 Å². The minimum atomic E-state index is 0.533. The summed E-state index contributed by atoms with van der Waals surface area (Å²) in [7, 11) is 0. The van der Waals surface area contributed by atoms with Gasteiger partial charge in [0.1, 0.15) is 17.7 Å². The summed E-state index contributed by atoms with van der Waals surface area (Å²) < 4.78 is 5.52. The number of nitrogens with one attached hydrogen (secondary N) is 4. The molecule has 35 heavy (non-hydrogen) atoms. The third-order valence-electron chi connectivity index (χ3n) is 5.87. The van der Waals surface area contributed by atoms with Gasteiger partial charge < -0.3 is 24.9 Å². The normalized spacial score (nSPS) is 14.2. The molecule has 0 aliphatic carbocycles. The van der Waals surface area contributed by atoms with Gasteiger partial charge in [0, 0.05) is 30.5 Å². The Balaban J connectivity index is 1.46. The first kappa shape index (κ1) is 22.5. The fourth-order valence-corrected chi connectivity index (χ4v) is 4.18. The predicted molar refractivity (Wildman–Crippen MR) is 137 cm³/mol. The molecule has 1 aliphatic rings. The second kappa shape index (κ2) is 10.4. The number of pyridine rings is 2. The van der Waals surface area contributed by atoms with Gasteiger partial charge in [-0.1, -0.05) is 18.2 Å². The summed E-state index contributed by atoms with van der Waals surface area (Å²) in [6, 6.07) is 18.1. The number of morpholine rings is 1.